The second kappa shape index (κ2) is 7.35. The summed E-state index contributed by atoms with van der Waals surface area (Å²) in [6.07, 6.45) is 4.25. The molecule has 0 unspecified atom stereocenters. The van der Waals surface area contributed by atoms with Gasteiger partial charge in [-0.2, -0.15) is 0 Å². The second-order valence-electron chi connectivity index (χ2n) is 7.91. The molecule has 1 atom stereocenters. The van der Waals surface area contributed by atoms with Crippen molar-refractivity contribution in [1.29, 1.82) is 0 Å². The number of hydrogen-bond acceptors (Lipinski definition) is 5. The molecule has 0 saturated carbocycles. The molecule has 4 heterocycles. The van der Waals surface area contributed by atoms with Crippen LogP contribution in [0.5, 0.6) is 0 Å². The van der Waals surface area contributed by atoms with Gasteiger partial charge in [0.2, 0.25) is 5.91 Å². The van der Waals surface area contributed by atoms with Gasteiger partial charge in [-0.15, -0.1) is 10.2 Å². The zero-order chi connectivity index (χ0) is 19.8. The molecule has 6 heteroatoms. The molecule has 2 aromatic heterocycles. The molecule has 1 amide bonds. The van der Waals surface area contributed by atoms with E-state index in [1.54, 1.807) is 6.26 Å². The molecule has 0 N–H and O–H groups in total. The molecule has 1 aromatic carbocycles. The Hall–Kier alpha value is -3.15. The fraction of sp³-hybridized carbons (Fsp3) is 0.348. The van der Waals surface area contributed by atoms with Crippen LogP contribution in [0.25, 0.3) is 11.5 Å². The van der Waals surface area contributed by atoms with Gasteiger partial charge in [-0.25, -0.2) is 0 Å². The van der Waals surface area contributed by atoms with Crippen LogP contribution in [-0.2, 0) is 11.2 Å². The lowest BCUT2D eigenvalue weighted by Crippen LogP contribution is -2.45. The summed E-state index contributed by atoms with van der Waals surface area (Å²) in [5, 5.41) is 8.66. The van der Waals surface area contributed by atoms with Crippen LogP contribution in [0.4, 0.5) is 11.5 Å². The van der Waals surface area contributed by atoms with E-state index < -0.39 is 0 Å². The van der Waals surface area contributed by atoms with E-state index in [-0.39, 0.29) is 17.9 Å². The molecule has 0 bridgehead atoms. The first-order valence-corrected chi connectivity index (χ1v) is 10.2. The van der Waals surface area contributed by atoms with Crippen molar-refractivity contribution in [2.75, 3.05) is 22.9 Å². The van der Waals surface area contributed by atoms with Crippen molar-refractivity contribution in [1.82, 2.24) is 10.2 Å². The Morgan fingerprint density at radius 1 is 1.03 bits per heavy atom. The molecule has 0 aliphatic carbocycles. The van der Waals surface area contributed by atoms with Crippen LogP contribution >= 0.6 is 0 Å². The summed E-state index contributed by atoms with van der Waals surface area (Å²) in [5.41, 5.74) is 3.09. The van der Waals surface area contributed by atoms with Crippen molar-refractivity contribution in [2.45, 2.75) is 32.2 Å². The number of anilines is 2. The van der Waals surface area contributed by atoms with Crippen LogP contribution in [0.3, 0.4) is 0 Å². The number of rotatable bonds is 3. The molecule has 0 spiro atoms. The van der Waals surface area contributed by atoms with E-state index in [1.165, 1.54) is 5.56 Å². The van der Waals surface area contributed by atoms with Crippen molar-refractivity contribution in [3.05, 3.63) is 60.4 Å². The van der Waals surface area contributed by atoms with Crippen molar-refractivity contribution in [2.24, 2.45) is 5.92 Å². The van der Waals surface area contributed by atoms with Gasteiger partial charge < -0.3 is 14.2 Å². The van der Waals surface area contributed by atoms with E-state index in [4.69, 9.17) is 4.42 Å². The maximum absolute atomic E-state index is 13.3. The number of carbonyl (C=O) groups excluding carboxylic acids is 1. The number of carbonyl (C=O) groups is 1. The summed E-state index contributed by atoms with van der Waals surface area (Å²) in [6, 6.07) is 16.1. The van der Waals surface area contributed by atoms with Gasteiger partial charge >= 0.3 is 0 Å². The van der Waals surface area contributed by atoms with Crippen molar-refractivity contribution < 1.29 is 9.21 Å². The number of hydrogen-bond donors (Lipinski definition) is 0. The second-order valence-corrected chi connectivity index (χ2v) is 7.91. The third-order valence-corrected chi connectivity index (χ3v) is 6.04. The third-order valence-electron chi connectivity index (χ3n) is 6.04. The molecule has 1 saturated heterocycles. The number of fused-ring (bicyclic) bond motifs is 1. The average molecular weight is 388 g/mol. The van der Waals surface area contributed by atoms with Crippen molar-refractivity contribution in [3.8, 4) is 11.5 Å². The van der Waals surface area contributed by atoms with E-state index in [0.29, 0.717) is 5.76 Å². The summed E-state index contributed by atoms with van der Waals surface area (Å²) < 4.78 is 5.37. The lowest BCUT2D eigenvalue weighted by molar-refractivity contribution is -0.123. The number of amides is 1. The summed E-state index contributed by atoms with van der Waals surface area (Å²) >= 11 is 0. The normalized spacial score (nSPS) is 19.4. The highest BCUT2D eigenvalue weighted by Gasteiger charge is 2.36. The van der Waals surface area contributed by atoms with Crippen LogP contribution < -0.4 is 9.80 Å². The minimum Gasteiger partial charge on any atom is -0.463 e. The Morgan fingerprint density at radius 2 is 1.86 bits per heavy atom. The molecular formula is C23H24N4O2. The van der Waals surface area contributed by atoms with Crippen LogP contribution in [0.1, 0.15) is 25.3 Å². The number of para-hydroxylation sites is 1. The van der Waals surface area contributed by atoms with Crippen molar-refractivity contribution >= 4 is 17.4 Å². The first-order valence-electron chi connectivity index (χ1n) is 10.2. The number of nitrogens with zero attached hydrogens (tertiary/aromatic N) is 4. The standard InChI is InChI=1S/C23H24N4O2/c1-16-15-18-5-2-3-6-20(18)27(16)23(28)17-10-12-26(13-11-17)22-9-8-19(24-25-22)21-7-4-14-29-21/h2-9,14,16-17H,10-13,15H2,1H3/t16-/m0/s1. The van der Waals surface area contributed by atoms with Gasteiger partial charge in [0.15, 0.2) is 11.6 Å². The Bertz CT molecular complexity index is 992. The third kappa shape index (κ3) is 3.28. The van der Waals surface area contributed by atoms with E-state index in [9.17, 15) is 4.79 Å². The Morgan fingerprint density at radius 3 is 2.59 bits per heavy atom. The summed E-state index contributed by atoms with van der Waals surface area (Å²) in [7, 11) is 0. The molecule has 3 aromatic rings. The molecular weight excluding hydrogens is 364 g/mol. The summed E-state index contributed by atoms with van der Waals surface area (Å²) in [5.74, 6) is 1.90. The number of furan rings is 1. The highest BCUT2D eigenvalue weighted by Crippen LogP contribution is 2.35. The molecule has 29 heavy (non-hydrogen) atoms. The van der Waals surface area contributed by atoms with Gasteiger partial charge in [0, 0.05) is 30.7 Å². The SMILES string of the molecule is C[C@H]1Cc2ccccc2N1C(=O)C1CCN(c2ccc(-c3ccco3)nn2)CC1. The predicted octanol–water partition coefficient (Wildman–Crippen LogP) is 3.93. The zero-order valence-corrected chi connectivity index (χ0v) is 16.5. The first-order chi connectivity index (χ1) is 14.2. The fourth-order valence-corrected chi connectivity index (χ4v) is 4.50. The van der Waals surface area contributed by atoms with Gasteiger partial charge in [0.1, 0.15) is 5.69 Å². The Kier molecular flexibility index (Phi) is 4.54. The van der Waals surface area contributed by atoms with E-state index in [0.717, 1.165) is 49.6 Å². The zero-order valence-electron chi connectivity index (χ0n) is 16.5. The largest absolute Gasteiger partial charge is 0.463 e. The van der Waals surface area contributed by atoms with Gasteiger partial charge in [-0.3, -0.25) is 4.79 Å². The highest BCUT2D eigenvalue weighted by molar-refractivity contribution is 5.97. The molecule has 6 nitrogen and oxygen atoms in total. The van der Waals surface area contributed by atoms with Crippen molar-refractivity contribution in [3.63, 3.8) is 0 Å². The first kappa shape index (κ1) is 17.9. The van der Waals surface area contributed by atoms with Gasteiger partial charge in [0.05, 0.1) is 6.26 Å². The number of benzene rings is 1. The number of piperidine rings is 1. The summed E-state index contributed by atoms with van der Waals surface area (Å²) in [4.78, 5) is 17.5. The summed E-state index contributed by atoms with van der Waals surface area (Å²) in [6.45, 7) is 3.77. The van der Waals surface area contributed by atoms with Crippen LogP contribution in [0, 0.1) is 5.92 Å². The molecule has 2 aliphatic rings. The lowest BCUT2D eigenvalue weighted by atomic mass is 9.94. The minimum atomic E-state index is 0.0650. The Balaban J connectivity index is 1.24. The topological polar surface area (TPSA) is 62.5 Å². The molecule has 1 fully saturated rings. The van der Waals surface area contributed by atoms with Crippen LogP contribution in [0.15, 0.2) is 59.2 Å². The maximum Gasteiger partial charge on any atom is 0.230 e. The van der Waals surface area contributed by atoms with Gasteiger partial charge in [-0.05, 0) is 62.1 Å². The molecule has 0 radical (unpaired) electrons. The number of aromatic nitrogens is 2. The minimum absolute atomic E-state index is 0.0650. The van der Waals surface area contributed by atoms with E-state index >= 15 is 0 Å². The van der Waals surface area contributed by atoms with E-state index in [2.05, 4.69) is 40.2 Å². The Labute approximate surface area is 170 Å². The smallest absolute Gasteiger partial charge is 0.230 e. The quantitative estimate of drug-likeness (QED) is 0.680. The van der Waals surface area contributed by atoms with Gasteiger partial charge in [0.25, 0.3) is 0 Å². The molecule has 2 aliphatic heterocycles. The van der Waals surface area contributed by atoms with Crippen LogP contribution in [0.2, 0.25) is 0 Å². The maximum atomic E-state index is 13.3. The lowest BCUT2D eigenvalue weighted by Gasteiger charge is -2.35. The monoisotopic (exact) mass is 388 g/mol. The fourth-order valence-electron chi connectivity index (χ4n) is 4.50. The molecule has 148 valence electrons. The van der Waals surface area contributed by atoms with E-state index in [1.807, 2.05) is 35.2 Å². The highest BCUT2D eigenvalue weighted by atomic mass is 16.3. The predicted molar refractivity (Wildman–Crippen MR) is 112 cm³/mol. The van der Waals surface area contributed by atoms with Gasteiger partial charge in [-0.1, -0.05) is 18.2 Å². The van der Waals surface area contributed by atoms with Crippen LogP contribution in [-0.4, -0.2) is 35.2 Å². The average Bonchev–Trinajstić information content (AvgIpc) is 3.41. The molecule has 5 rings (SSSR count).